The summed E-state index contributed by atoms with van der Waals surface area (Å²) in [4.78, 5) is 8.95. The maximum atomic E-state index is 4.19. The van der Waals surface area contributed by atoms with E-state index >= 15 is 0 Å². The molecule has 0 amide bonds. The lowest BCUT2D eigenvalue weighted by Gasteiger charge is -2.38. The summed E-state index contributed by atoms with van der Waals surface area (Å²) < 4.78 is 0. The van der Waals surface area contributed by atoms with Crippen LogP contribution in [0.25, 0.3) is 0 Å². The Labute approximate surface area is 110 Å². The molecule has 0 aliphatic carbocycles. The van der Waals surface area contributed by atoms with E-state index in [0.717, 1.165) is 26.2 Å². The smallest absolute Gasteiger partial charge is 0.0325 e. The lowest BCUT2D eigenvalue weighted by Crippen LogP contribution is -2.57. The molecule has 4 nitrogen and oxygen atoms in total. The van der Waals surface area contributed by atoms with Gasteiger partial charge in [-0.25, -0.2) is 0 Å². The van der Waals surface area contributed by atoms with E-state index in [4.69, 9.17) is 0 Å². The zero-order valence-corrected chi connectivity index (χ0v) is 11.6. The van der Waals surface area contributed by atoms with E-state index in [9.17, 15) is 0 Å². The summed E-state index contributed by atoms with van der Waals surface area (Å²) in [5.74, 6) is 0. The minimum absolute atomic E-state index is 0.556. The van der Waals surface area contributed by atoms with Crippen LogP contribution in [0, 0.1) is 0 Å². The molecule has 1 saturated heterocycles. The number of nitrogens with zero attached hydrogens (tertiary/aromatic N) is 3. The first-order valence-electron chi connectivity index (χ1n) is 6.65. The first kappa shape index (κ1) is 13.5. The van der Waals surface area contributed by atoms with Crippen LogP contribution in [-0.2, 0) is 6.54 Å². The molecule has 1 aromatic rings. The van der Waals surface area contributed by atoms with Gasteiger partial charge in [0.05, 0.1) is 0 Å². The summed E-state index contributed by atoms with van der Waals surface area (Å²) >= 11 is 0. The average molecular weight is 248 g/mol. The van der Waals surface area contributed by atoms with Crippen LogP contribution >= 0.6 is 0 Å². The highest BCUT2D eigenvalue weighted by atomic mass is 15.2. The molecule has 0 bridgehead atoms. The highest BCUT2D eigenvalue weighted by Crippen LogP contribution is 2.09. The van der Waals surface area contributed by atoms with Gasteiger partial charge in [0.25, 0.3) is 0 Å². The largest absolute Gasteiger partial charge is 0.308 e. The monoisotopic (exact) mass is 248 g/mol. The van der Waals surface area contributed by atoms with Gasteiger partial charge in [-0.1, -0.05) is 6.07 Å². The second-order valence-corrected chi connectivity index (χ2v) is 5.58. The molecule has 2 heterocycles. The molecule has 1 fully saturated rings. The fourth-order valence-electron chi connectivity index (χ4n) is 2.71. The van der Waals surface area contributed by atoms with Crippen LogP contribution in [0.5, 0.6) is 0 Å². The minimum atomic E-state index is 0.556. The number of nitrogens with one attached hydrogen (secondary N) is 1. The van der Waals surface area contributed by atoms with E-state index in [1.54, 1.807) is 0 Å². The number of hydrogen-bond donors (Lipinski definition) is 1. The maximum absolute atomic E-state index is 4.19. The van der Waals surface area contributed by atoms with Gasteiger partial charge in [0, 0.05) is 50.7 Å². The third-order valence-electron chi connectivity index (χ3n) is 3.25. The fraction of sp³-hybridized carbons (Fsp3) is 0.643. The van der Waals surface area contributed by atoms with Gasteiger partial charge in [0.1, 0.15) is 0 Å². The van der Waals surface area contributed by atoms with Crippen molar-refractivity contribution in [3.8, 4) is 0 Å². The Balaban J connectivity index is 1.92. The Bertz CT molecular complexity index is 350. The van der Waals surface area contributed by atoms with Crippen LogP contribution in [-0.4, -0.2) is 60.6 Å². The van der Waals surface area contributed by atoms with Crippen molar-refractivity contribution >= 4 is 0 Å². The van der Waals surface area contributed by atoms with Crippen LogP contribution < -0.4 is 5.32 Å². The van der Waals surface area contributed by atoms with E-state index in [0.29, 0.717) is 12.1 Å². The molecule has 2 atom stereocenters. The number of likely N-dealkylation sites (N-methyl/N-ethyl adjacent to an activating group) is 1. The van der Waals surface area contributed by atoms with Gasteiger partial charge >= 0.3 is 0 Å². The molecule has 4 heteroatoms. The summed E-state index contributed by atoms with van der Waals surface area (Å²) in [6.07, 6.45) is 3.80. The molecule has 2 unspecified atom stereocenters. The third kappa shape index (κ3) is 4.05. The second-order valence-electron chi connectivity index (χ2n) is 5.58. The summed E-state index contributed by atoms with van der Waals surface area (Å²) in [6, 6.07) is 5.28. The molecule has 1 N–H and O–H groups in total. The van der Waals surface area contributed by atoms with Crippen molar-refractivity contribution in [3.63, 3.8) is 0 Å². The molecule has 0 saturated carbocycles. The van der Waals surface area contributed by atoms with Gasteiger partial charge in [0.2, 0.25) is 0 Å². The van der Waals surface area contributed by atoms with Gasteiger partial charge < -0.3 is 10.2 Å². The van der Waals surface area contributed by atoms with E-state index < -0.39 is 0 Å². The maximum Gasteiger partial charge on any atom is 0.0325 e. The number of rotatable bonds is 4. The summed E-state index contributed by atoms with van der Waals surface area (Å²) in [5.41, 5.74) is 1.30. The van der Waals surface area contributed by atoms with Crippen molar-refractivity contribution in [2.75, 3.05) is 33.7 Å². The van der Waals surface area contributed by atoms with Crippen molar-refractivity contribution in [1.82, 2.24) is 20.1 Å². The van der Waals surface area contributed by atoms with Crippen molar-refractivity contribution in [2.45, 2.75) is 25.6 Å². The quantitative estimate of drug-likeness (QED) is 0.854. The average Bonchev–Trinajstić information content (AvgIpc) is 2.28. The molecule has 0 aromatic carbocycles. The van der Waals surface area contributed by atoms with Crippen molar-refractivity contribution in [3.05, 3.63) is 30.1 Å². The molecule has 0 spiro atoms. The normalized spacial score (nSPS) is 25.6. The molecule has 100 valence electrons. The van der Waals surface area contributed by atoms with Crippen molar-refractivity contribution in [2.24, 2.45) is 0 Å². The molecule has 0 radical (unpaired) electrons. The topological polar surface area (TPSA) is 31.4 Å². The molecule has 1 aliphatic heterocycles. The Morgan fingerprint density at radius 3 is 2.94 bits per heavy atom. The van der Waals surface area contributed by atoms with Gasteiger partial charge in [-0.15, -0.1) is 0 Å². The lowest BCUT2D eigenvalue weighted by atomic mass is 10.1. The van der Waals surface area contributed by atoms with E-state index in [2.05, 4.69) is 47.2 Å². The van der Waals surface area contributed by atoms with E-state index in [-0.39, 0.29) is 0 Å². The van der Waals surface area contributed by atoms with Crippen LogP contribution in [0.1, 0.15) is 12.5 Å². The highest BCUT2D eigenvalue weighted by Gasteiger charge is 2.24. The zero-order valence-electron chi connectivity index (χ0n) is 11.6. The molecule has 1 aliphatic rings. The van der Waals surface area contributed by atoms with Crippen LogP contribution in [0.4, 0.5) is 0 Å². The van der Waals surface area contributed by atoms with Crippen molar-refractivity contribution in [1.29, 1.82) is 0 Å². The molecular weight excluding hydrogens is 224 g/mol. The number of pyridine rings is 1. The predicted octanol–water partition coefficient (Wildman–Crippen LogP) is 0.805. The summed E-state index contributed by atoms with van der Waals surface area (Å²) in [7, 11) is 4.26. The Hall–Kier alpha value is -0.970. The van der Waals surface area contributed by atoms with Gasteiger partial charge in [-0.05, 0) is 32.6 Å². The standard InChI is InChI=1S/C14H24N4/c1-12-8-18(9-13-5-4-6-15-7-13)11-14(16-12)10-17(2)3/h4-7,12,14,16H,8-11H2,1-3H3. The minimum Gasteiger partial charge on any atom is -0.308 e. The number of piperazine rings is 1. The SMILES string of the molecule is CC1CN(Cc2cccnc2)CC(CN(C)C)N1. The van der Waals surface area contributed by atoms with Crippen molar-refractivity contribution < 1.29 is 0 Å². The first-order valence-corrected chi connectivity index (χ1v) is 6.65. The summed E-state index contributed by atoms with van der Waals surface area (Å²) in [6.45, 7) is 6.58. The predicted molar refractivity (Wildman–Crippen MR) is 74.5 cm³/mol. The van der Waals surface area contributed by atoms with E-state index in [1.165, 1.54) is 5.56 Å². The summed E-state index contributed by atoms with van der Waals surface area (Å²) in [5, 5.41) is 3.66. The highest BCUT2D eigenvalue weighted by molar-refractivity contribution is 5.08. The second kappa shape index (κ2) is 6.27. The van der Waals surface area contributed by atoms with Crippen LogP contribution in [0.3, 0.4) is 0 Å². The number of aromatic nitrogens is 1. The molecule has 2 rings (SSSR count). The lowest BCUT2D eigenvalue weighted by molar-refractivity contribution is 0.143. The molecular formula is C14H24N4. The number of hydrogen-bond acceptors (Lipinski definition) is 4. The van der Waals surface area contributed by atoms with Crippen LogP contribution in [0.15, 0.2) is 24.5 Å². The zero-order chi connectivity index (χ0) is 13.0. The Kier molecular flexibility index (Phi) is 4.69. The molecule has 1 aromatic heterocycles. The van der Waals surface area contributed by atoms with Gasteiger partial charge in [0.15, 0.2) is 0 Å². The third-order valence-corrected chi connectivity index (χ3v) is 3.25. The fourth-order valence-corrected chi connectivity index (χ4v) is 2.71. The Morgan fingerprint density at radius 1 is 1.44 bits per heavy atom. The van der Waals surface area contributed by atoms with Crippen LogP contribution in [0.2, 0.25) is 0 Å². The molecule has 18 heavy (non-hydrogen) atoms. The van der Waals surface area contributed by atoms with Gasteiger partial charge in [-0.3, -0.25) is 9.88 Å². The van der Waals surface area contributed by atoms with Gasteiger partial charge in [-0.2, -0.15) is 0 Å². The van der Waals surface area contributed by atoms with E-state index in [1.807, 2.05) is 18.5 Å². The first-order chi connectivity index (χ1) is 8.63. The Morgan fingerprint density at radius 2 is 2.28 bits per heavy atom.